The minimum Gasteiger partial charge on any atom is -0.503 e. The van der Waals surface area contributed by atoms with Crippen LogP contribution in [0.25, 0.3) is 0 Å². The van der Waals surface area contributed by atoms with Gasteiger partial charge in [0.05, 0.1) is 12.7 Å². The van der Waals surface area contributed by atoms with Gasteiger partial charge in [0.1, 0.15) is 0 Å². The van der Waals surface area contributed by atoms with Gasteiger partial charge in [-0.2, -0.15) is 0 Å². The first kappa shape index (κ1) is 22.1. The second-order valence-corrected chi connectivity index (χ2v) is 9.58. The Bertz CT molecular complexity index is 684. The molecule has 0 aromatic heterocycles. The van der Waals surface area contributed by atoms with E-state index in [0.717, 1.165) is 39.0 Å². The molecule has 3 rings (SSSR count). The molecule has 0 amide bonds. The van der Waals surface area contributed by atoms with E-state index >= 15 is 0 Å². The number of nitrogens with zero attached hydrogens (tertiary/aromatic N) is 2. The number of carbonyl (C=O) groups excluding carboxylic acids is 1. The number of carbonyl (C=O) groups is 1. The Labute approximate surface area is 176 Å². The fraction of sp³-hybridized carbons (Fsp3) is 0.708. The summed E-state index contributed by atoms with van der Waals surface area (Å²) in [5, 5.41) is 9.69. The molecule has 2 aliphatic heterocycles. The smallest absolute Gasteiger partial charge is 0.200 e. The molecular formula is C24H38N2O3. The topological polar surface area (TPSA) is 53.0 Å². The Kier molecular flexibility index (Phi) is 7.23. The van der Waals surface area contributed by atoms with Crippen LogP contribution in [0.4, 0.5) is 0 Å². The van der Waals surface area contributed by atoms with Gasteiger partial charge in [-0.1, -0.05) is 51.0 Å². The molecule has 5 nitrogen and oxygen atoms in total. The molecular weight excluding hydrogens is 364 g/mol. The van der Waals surface area contributed by atoms with Gasteiger partial charge in [0.25, 0.3) is 0 Å². The number of fused-ring (bicyclic) bond motifs is 1. The van der Waals surface area contributed by atoms with Crippen molar-refractivity contribution < 1.29 is 14.6 Å². The second-order valence-electron chi connectivity index (χ2n) is 9.58. The molecule has 0 aromatic rings. The summed E-state index contributed by atoms with van der Waals surface area (Å²) in [6.07, 6.45) is 12.6. The first-order chi connectivity index (χ1) is 13.8. The molecule has 0 spiro atoms. The molecule has 0 aromatic carbocycles. The zero-order valence-electron chi connectivity index (χ0n) is 18.6. The monoisotopic (exact) mass is 402 g/mol. The average molecular weight is 403 g/mol. The van der Waals surface area contributed by atoms with Crippen molar-refractivity contribution in [2.75, 3.05) is 32.8 Å². The highest BCUT2D eigenvalue weighted by Crippen LogP contribution is 2.37. The van der Waals surface area contributed by atoms with Crippen molar-refractivity contribution in [2.24, 2.45) is 11.3 Å². The number of ketones is 1. The molecule has 0 saturated carbocycles. The molecule has 1 N–H and O–H groups in total. The normalized spacial score (nSPS) is 33.6. The summed E-state index contributed by atoms with van der Waals surface area (Å²) in [6, 6.07) is 0.190. The maximum atomic E-state index is 11.9. The van der Waals surface area contributed by atoms with Crippen LogP contribution >= 0.6 is 0 Å². The summed E-state index contributed by atoms with van der Waals surface area (Å²) in [4.78, 5) is 16.5. The van der Waals surface area contributed by atoms with Crippen LogP contribution in [0.1, 0.15) is 53.4 Å². The molecule has 29 heavy (non-hydrogen) atoms. The van der Waals surface area contributed by atoms with Crippen LogP contribution < -0.4 is 0 Å². The molecule has 5 heteroatoms. The second kappa shape index (κ2) is 9.48. The first-order valence-corrected chi connectivity index (χ1v) is 11.2. The van der Waals surface area contributed by atoms with E-state index < -0.39 is 0 Å². The van der Waals surface area contributed by atoms with Gasteiger partial charge in [-0.15, -0.1) is 0 Å². The number of unbranched alkanes of at least 4 members (excludes halogenated alkanes) is 1. The molecule has 1 saturated heterocycles. The van der Waals surface area contributed by atoms with Crippen molar-refractivity contribution in [2.45, 2.75) is 65.5 Å². The molecule has 2 heterocycles. The predicted octanol–water partition coefficient (Wildman–Crippen LogP) is 4.08. The molecule has 0 radical (unpaired) electrons. The molecule has 162 valence electrons. The molecule has 3 aliphatic rings. The maximum absolute atomic E-state index is 11.9. The van der Waals surface area contributed by atoms with E-state index in [-0.39, 0.29) is 29.1 Å². The van der Waals surface area contributed by atoms with Gasteiger partial charge in [-0.3, -0.25) is 9.69 Å². The lowest BCUT2D eigenvalue weighted by Gasteiger charge is -2.46. The number of rotatable bonds is 7. The number of Topliss-reactive ketones (excluding diaryl/α,β-unsaturated/α-hetero) is 1. The Hall–Kier alpha value is -1.59. The Balaban J connectivity index is 1.53. The van der Waals surface area contributed by atoms with Crippen LogP contribution in [-0.4, -0.2) is 65.6 Å². The van der Waals surface area contributed by atoms with E-state index in [0.29, 0.717) is 18.9 Å². The van der Waals surface area contributed by atoms with Crippen LogP contribution in [0.5, 0.6) is 0 Å². The van der Waals surface area contributed by atoms with E-state index in [2.05, 4.69) is 55.7 Å². The van der Waals surface area contributed by atoms with Gasteiger partial charge >= 0.3 is 0 Å². The van der Waals surface area contributed by atoms with Crippen LogP contribution in [-0.2, 0) is 9.53 Å². The molecule has 1 fully saturated rings. The van der Waals surface area contributed by atoms with Gasteiger partial charge in [0, 0.05) is 44.8 Å². The summed E-state index contributed by atoms with van der Waals surface area (Å²) < 4.78 is 6.19. The molecule has 4 atom stereocenters. The fourth-order valence-electron chi connectivity index (χ4n) is 4.94. The highest BCUT2D eigenvalue weighted by Gasteiger charge is 2.37. The van der Waals surface area contributed by atoms with Crippen molar-refractivity contribution in [3.63, 3.8) is 0 Å². The minimum absolute atomic E-state index is 0.0866. The molecule has 1 aliphatic carbocycles. The first-order valence-electron chi connectivity index (χ1n) is 11.2. The lowest BCUT2D eigenvalue weighted by atomic mass is 9.74. The fourth-order valence-corrected chi connectivity index (χ4v) is 4.94. The van der Waals surface area contributed by atoms with E-state index in [1.165, 1.54) is 12.0 Å². The third-order valence-electron chi connectivity index (χ3n) is 6.51. The van der Waals surface area contributed by atoms with Crippen LogP contribution in [0.15, 0.2) is 35.8 Å². The summed E-state index contributed by atoms with van der Waals surface area (Å²) >= 11 is 0. The summed E-state index contributed by atoms with van der Waals surface area (Å²) in [6.45, 7) is 13.4. The van der Waals surface area contributed by atoms with Crippen molar-refractivity contribution >= 4 is 5.78 Å². The van der Waals surface area contributed by atoms with Crippen LogP contribution in [0.3, 0.4) is 0 Å². The minimum atomic E-state index is -0.131. The van der Waals surface area contributed by atoms with Gasteiger partial charge in [0.2, 0.25) is 5.78 Å². The maximum Gasteiger partial charge on any atom is 0.200 e. The van der Waals surface area contributed by atoms with Gasteiger partial charge in [0.15, 0.2) is 5.76 Å². The Morgan fingerprint density at radius 1 is 1.41 bits per heavy atom. The number of aliphatic hydroxyl groups excluding tert-OH is 1. The number of hydrogen-bond donors (Lipinski definition) is 1. The Morgan fingerprint density at radius 2 is 2.21 bits per heavy atom. The third kappa shape index (κ3) is 5.73. The number of aliphatic hydroxyl groups is 1. The highest BCUT2D eigenvalue weighted by molar-refractivity contribution is 5.94. The summed E-state index contributed by atoms with van der Waals surface area (Å²) in [7, 11) is 0. The SMILES string of the molecule is CCC/C=C(\C)COC1C=C[C@@](C)(CN2CCN3C=C(O)C(=O)CC3C2)CC1C. The third-order valence-corrected chi connectivity index (χ3v) is 6.51. The predicted molar refractivity (Wildman–Crippen MR) is 117 cm³/mol. The summed E-state index contributed by atoms with van der Waals surface area (Å²) in [5.41, 5.74) is 1.45. The van der Waals surface area contributed by atoms with E-state index in [4.69, 9.17) is 4.74 Å². The number of ether oxygens (including phenoxy) is 1. The van der Waals surface area contributed by atoms with E-state index in [1.54, 1.807) is 6.20 Å². The van der Waals surface area contributed by atoms with Gasteiger partial charge in [-0.05, 0) is 31.1 Å². The Morgan fingerprint density at radius 3 is 2.93 bits per heavy atom. The van der Waals surface area contributed by atoms with E-state index in [1.807, 2.05) is 0 Å². The summed E-state index contributed by atoms with van der Waals surface area (Å²) in [5.74, 6) is 0.270. The van der Waals surface area contributed by atoms with Crippen LogP contribution in [0, 0.1) is 11.3 Å². The number of hydrogen-bond acceptors (Lipinski definition) is 5. The average Bonchev–Trinajstić information content (AvgIpc) is 2.66. The number of allylic oxidation sites excluding steroid dienone is 2. The standard InChI is InChI=1S/C24H38N2O3/c1-5-6-7-18(2)16-29-23-8-9-24(4,13-19(23)3)17-25-10-11-26-15-22(28)21(27)12-20(26)14-25/h7-9,15,19-20,23,28H,5-6,10-14,16-17H2,1-4H3/b18-7+/t19?,20?,23?,24-/m1/s1. The molecule has 3 unspecified atom stereocenters. The quantitative estimate of drug-likeness (QED) is 0.651. The molecule has 0 bridgehead atoms. The zero-order valence-corrected chi connectivity index (χ0v) is 18.6. The highest BCUT2D eigenvalue weighted by atomic mass is 16.5. The van der Waals surface area contributed by atoms with Gasteiger partial charge in [-0.25, -0.2) is 0 Å². The lowest BCUT2D eigenvalue weighted by molar-refractivity contribution is -0.121. The zero-order chi connectivity index (χ0) is 21.0. The van der Waals surface area contributed by atoms with Crippen molar-refractivity contribution in [1.82, 2.24) is 9.80 Å². The van der Waals surface area contributed by atoms with Crippen LogP contribution in [0.2, 0.25) is 0 Å². The van der Waals surface area contributed by atoms with Crippen molar-refractivity contribution in [3.8, 4) is 0 Å². The van der Waals surface area contributed by atoms with E-state index in [9.17, 15) is 9.90 Å². The van der Waals surface area contributed by atoms with Crippen molar-refractivity contribution in [1.29, 1.82) is 0 Å². The lowest BCUT2D eigenvalue weighted by Crippen LogP contribution is -2.55. The largest absolute Gasteiger partial charge is 0.503 e. The van der Waals surface area contributed by atoms with Gasteiger partial charge < -0.3 is 14.7 Å². The van der Waals surface area contributed by atoms with Crippen molar-refractivity contribution in [3.05, 3.63) is 35.8 Å². The number of piperazine rings is 1.